The van der Waals surface area contributed by atoms with Crippen molar-refractivity contribution in [2.24, 2.45) is 0 Å². The molecule has 7 heteroatoms. The van der Waals surface area contributed by atoms with E-state index < -0.39 is 0 Å². The lowest BCUT2D eigenvalue weighted by atomic mass is 10.2. The molecule has 0 radical (unpaired) electrons. The summed E-state index contributed by atoms with van der Waals surface area (Å²) in [5, 5.41) is 11.9. The summed E-state index contributed by atoms with van der Waals surface area (Å²) < 4.78 is 4.90. The van der Waals surface area contributed by atoms with Gasteiger partial charge in [-0.2, -0.15) is 0 Å². The molecule has 0 aliphatic rings. The number of amides is 2. The number of carbonyl (C=O) groups is 2. The van der Waals surface area contributed by atoms with Crippen LogP contribution in [0.1, 0.15) is 10.4 Å². The lowest BCUT2D eigenvalue weighted by Crippen LogP contribution is -2.42. The van der Waals surface area contributed by atoms with E-state index in [9.17, 15) is 9.59 Å². The molecule has 6 nitrogen and oxygen atoms in total. The highest BCUT2D eigenvalue weighted by Gasteiger charge is 2.14. The third kappa shape index (κ3) is 6.12. The minimum absolute atomic E-state index is 0.141. The Labute approximate surface area is 128 Å². The van der Waals surface area contributed by atoms with Crippen molar-refractivity contribution in [3.8, 4) is 0 Å². The van der Waals surface area contributed by atoms with E-state index in [1.54, 1.807) is 18.2 Å². The summed E-state index contributed by atoms with van der Waals surface area (Å²) in [5.74, 6) is -0.655. The van der Waals surface area contributed by atoms with E-state index in [0.717, 1.165) is 0 Å². The Balaban J connectivity index is 2.51. The van der Waals surface area contributed by atoms with Crippen molar-refractivity contribution >= 4 is 23.4 Å². The number of carbonyl (C=O) groups excluding carboxylic acids is 2. The quantitative estimate of drug-likeness (QED) is 0.734. The van der Waals surface area contributed by atoms with Gasteiger partial charge in [0.1, 0.15) is 0 Å². The van der Waals surface area contributed by atoms with Gasteiger partial charge < -0.3 is 20.1 Å². The summed E-state index contributed by atoms with van der Waals surface area (Å²) in [5.41, 5.74) is 0.390. The molecule has 0 saturated carbocycles. The highest BCUT2D eigenvalue weighted by atomic mass is 35.5. The van der Waals surface area contributed by atoms with E-state index in [-0.39, 0.29) is 31.5 Å². The molecule has 1 aromatic rings. The van der Waals surface area contributed by atoms with Gasteiger partial charge in [0.05, 0.1) is 19.8 Å². The molecule has 0 aliphatic carbocycles. The summed E-state index contributed by atoms with van der Waals surface area (Å²) in [6.45, 7) is 0.652. The van der Waals surface area contributed by atoms with Crippen molar-refractivity contribution in [2.75, 3.05) is 40.0 Å². The molecular weight excluding hydrogens is 296 g/mol. The molecule has 0 unspecified atom stereocenters. The molecule has 1 aromatic carbocycles. The van der Waals surface area contributed by atoms with Gasteiger partial charge in [0, 0.05) is 30.8 Å². The highest BCUT2D eigenvalue weighted by molar-refractivity contribution is 6.30. The molecule has 116 valence electrons. The molecule has 0 fully saturated rings. The Kier molecular flexibility index (Phi) is 7.74. The zero-order valence-electron chi connectivity index (χ0n) is 11.8. The van der Waals surface area contributed by atoms with Gasteiger partial charge in [-0.15, -0.1) is 0 Å². The first-order chi connectivity index (χ1) is 10.1. The van der Waals surface area contributed by atoms with Crippen LogP contribution in [0, 0.1) is 0 Å². The number of hydrogen-bond acceptors (Lipinski definition) is 4. The van der Waals surface area contributed by atoms with Gasteiger partial charge in [-0.25, -0.2) is 0 Å². The topological polar surface area (TPSA) is 78.9 Å². The molecular formula is C14H19ClN2O4. The van der Waals surface area contributed by atoms with Crippen LogP contribution in [0.3, 0.4) is 0 Å². The van der Waals surface area contributed by atoms with Crippen molar-refractivity contribution in [1.82, 2.24) is 10.2 Å². The molecule has 2 amide bonds. The van der Waals surface area contributed by atoms with Crippen molar-refractivity contribution in [3.05, 3.63) is 34.9 Å². The standard InChI is InChI=1S/C14H19ClN2O4/c1-21-8-6-17(5-7-18)13(19)10-16-14(20)11-3-2-4-12(15)9-11/h2-4,9,18H,5-8,10H2,1H3,(H,16,20). The van der Waals surface area contributed by atoms with Crippen molar-refractivity contribution < 1.29 is 19.4 Å². The van der Waals surface area contributed by atoms with Gasteiger partial charge >= 0.3 is 0 Å². The Morgan fingerprint density at radius 3 is 2.76 bits per heavy atom. The molecule has 1 rings (SSSR count). The second-order valence-corrected chi connectivity index (χ2v) is 4.73. The van der Waals surface area contributed by atoms with Gasteiger partial charge in [-0.3, -0.25) is 9.59 Å². The predicted molar refractivity (Wildman–Crippen MR) is 79.3 cm³/mol. The number of methoxy groups -OCH3 is 1. The Bertz CT molecular complexity index is 482. The van der Waals surface area contributed by atoms with E-state index in [1.807, 2.05) is 0 Å². The summed E-state index contributed by atoms with van der Waals surface area (Å²) in [6, 6.07) is 6.47. The first-order valence-electron chi connectivity index (χ1n) is 6.49. The maximum Gasteiger partial charge on any atom is 0.251 e. The summed E-state index contributed by atoms with van der Waals surface area (Å²) in [7, 11) is 1.53. The lowest BCUT2D eigenvalue weighted by molar-refractivity contribution is -0.131. The third-order valence-corrected chi connectivity index (χ3v) is 3.01. The molecule has 21 heavy (non-hydrogen) atoms. The number of benzene rings is 1. The fraction of sp³-hybridized carbons (Fsp3) is 0.429. The van der Waals surface area contributed by atoms with Crippen LogP contribution in [0.25, 0.3) is 0 Å². The maximum absolute atomic E-state index is 12.0. The molecule has 0 heterocycles. The number of aliphatic hydroxyl groups is 1. The first kappa shape index (κ1) is 17.4. The predicted octanol–water partition coefficient (Wildman–Crippen LogP) is 0.537. The van der Waals surface area contributed by atoms with Crippen molar-refractivity contribution in [3.63, 3.8) is 0 Å². The van der Waals surface area contributed by atoms with Crippen molar-refractivity contribution in [1.29, 1.82) is 0 Å². The van der Waals surface area contributed by atoms with E-state index in [2.05, 4.69) is 5.32 Å². The number of nitrogens with one attached hydrogen (secondary N) is 1. The number of hydrogen-bond donors (Lipinski definition) is 2. The van der Waals surface area contributed by atoms with E-state index in [0.29, 0.717) is 23.7 Å². The van der Waals surface area contributed by atoms with Gasteiger partial charge in [0.2, 0.25) is 5.91 Å². The van der Waals surface area contributed by atoms with E-state index in [1.165, 1.54) is 18.1 Å². The fourth-order valence-electron chi connectivity index (χ4n) is 1.68. The lowest BCUT2D eigenvalue weighted by Gasteiger charge is -2.21. The Morgan fingerprint density at radius 1 is 1.38 bits per heavy atom. The molecule has 0 saturated heterocycles. The molecule has 0 aliphatic heterocycles. The van der Waals surface area contributed by atoms with Crippen LogP contribution in [0.2, 0.25) is 5.02 Å². The highest BCUT2D eigenvalue weighted by Crippen LogP contribution is 2.10. The molecule has 0 bridgehead atoms. The van der Waals surface area contributed by atoms with Gasteiger partial charge in [-0.1, -0.05) is 17.7 Å². The summed E-state index contributed by atoms with van der Waals surface area (Å²) in [4.78, 5) is 25.3. The zero-order valence-corrected chi connectivity index (χ0v) is 12.6. The average Bonchev–Trinajstić information content (AvgIpc) is 2.48. The molecule has 0 spiro atoms. The van der Waals surface area contributed by atoms with Crippen molar-refractivity contribution in [2.45, 2.75) is 0 Å². The van der Waals surface area contributed by atoms with E-state index >= 15 is 0 Å². The normalized spacial score (nSPS) is 10.2. The summed E-state index contributed by atoms with van der Waals surface area (Å²) in [6.07, 6.45) is 0. The van der Waals surface area contributed by atoms with Crippen LogP contribution in [0.15, 0.2) is 24.3 Å². The molecule has 2 N–H and O–H groups in total. The smallest absolute Gasteiger partial charge is 0.251 e. The maximum atomic E-state index is 12.0. The monoisotopic (exact) mass is 314 g/mol. The van der Waals surface area contributed by atoms with Crippen LogP contribution in [-0.4, -0.2) is 61.8 Å². The second-order valence-electron chi connectivity index (χ2n) is 4.29. The van der Waals surface area contributed by atoms with Crippen LogP contribution >= 0.6 is 11.6 Å². The number of rotatable bonds is 8. The van der Waals surface area contributed by atoms with Gasteiger partial charge in [0.25, 0.3) is 5.91 Å². The minimum Gasteiger partial charge on any atom is -0.395 e. The Morgan fingerprint density at radius 2 is 2.14 bits per heavy atom. The van der Waals surface area contributed by atoms with Gasteiger partial charge in [-0.05, 0) is 18.2 Å². The molecule has 0 atom stereocenters. The first-order valence-corrected chi connectivity index (χ1v) is 6.87. The minimum atomic E-state index is -0.374. The zero-order chi connectivity index (χ0) is 15.7. The second kappa shape index (κ2) is 9.33. The number of nitrogens with zero attached hydrogens (tertiary/aromatic N) is 1. The largest absolute Gasteiger partial charge is 0.395 e. The number of aliphatic hydroxyl groups excluding tert-OH is 1. The number of halogens is 1. The third-order valence-electron chi connectivity index (χ3n) is 2.77. The van der Waals surface area contributed by atoms with Crippen LogP contribution in [0.4, 0.5) is 0 Å². The number of ether oxygens (including phenoxy) is 1. The summed E-state index contributed by atoms with van der Waals surface area (Å²) >= 11 is 5.80. The Hall–Kier alpha value is -1.63. The fourth-order valence-corrected chi connectivity index (χ4v) is 1.87. The van der Waals surface area contributed by atoms with Crippen LogP contribution < -0.4 is 5.32 Å². The van der Waals surface area contributed by atoms with E-state index in [4.69, 9.17) is 21.4 Å². The SMILES string of the molecule is COCCN(CCO)C(=O)CNC(=O)c1cccc(Cl)c1. The van der Waals surface area contributed by atoms with Gasteiger partial charge in [0.15, 0.2) is 0 Å². The average molecular weight is 315 g/mol. The molecule has 0 aromatic heterocycles. The van der Waals surface area contributed by atoms with Crippen LogP contribution in [-0.2, 0) is 9.53 Å². The van der Waals surface area contributed by atoms with Crippen LogP contribution in [0.5, 0.6) is 0 Å².